The van der Waals surface area contributed by atoms with Crippen LogP contribution in [0.3, 0.4) is 0 Å². The molecule has 1 aromatic carbocycles. The van der Waals surface area contributed by atoms with Gasteiger partial charge in [-0.2, -0.15) is 13.2 Å². The number of amides is 2. The van der Waals surface area contributed by atoms with Gasteiger partial charge in [0.05, 0.1) is 5.56 Å². The van der Waals surface area contributed by atoms with Crippen molar-refractivity contribution in [3.8, 4) is 0 Å². The fraction of sp³-hybridized carbons (Fsp3) is 0.458. The molecule has 9 heteroatoms. The molecule has 0 spiro atoms. The monoisotopic (exact) mass is 463 g/mol. The Balaban J connectivity index is 1.82. The number of pyridine rings is 1. The maximum Gasteiger partial charge on any atom is 0.416 e. The van der Waals surface area contributed by atoms with Crippen LogP contribution in [-0.2, 0) is 19.3 Å². The van der Waals surface area contributed by atoms with E-state index < -0.39 is 29.0 Å². The van der Waals surface area contributed by atoms with Crippen molar-refractivity contribution in [2.24, 2.45) is 5.92 Å². The number of alkyl halides is 3. The summed E-state index contributed by atoms with van der Waals surface area (Å²) in [5, 5.41) is 2.58. The molecular weight excluding hydrogens is 435 g/mol. The van der Waals surface area contributed by atoms with Gasteiger partial charge in [-0.15, -0.1) is 0 Å². The lowest BCUT2D eigenvalue weighted by Gasteiger charge is -2.23. The standard InChI is InChI=1S/C24H28F3N3O3/c1-29(2)23(33)20-15-30(13-17-6-4-3-5-7-17)14-19(21(20)31)22(32)28-12-16-8-10-18(11-9-16)24(25,26)27/h8-11,14-15,17H,3-7,12-13H2,1-2H3,(H,28,32). The van der Waals surface area contributed by atoms with Crippen molar-refractivity contribution < 1.29 is 22.8 Å². The molecule has 1 aliphatic carbocycles. The molecule has 0 bridgehead atoms. The van der Waals surface area contributed by atoms with E-state index in [-0.39, 0.29) is 17.7 Å². The van der Waals surface area contributed by atoms with Crippen LogP contribution >= 0.6 is 0 Å². The Morgan fingerprint density at radius 1 is 1.03 bits per heavy atom. The summed E-state index contributed by atoms with van der Waals surface area (Å²) in [5.74, 6) is -0.757. The Hall–Kier alpha value is -3.10. The minimum Gasteiger partial charge on any atom is -0.352 e. The third-order valence-corrected chi connectivity index (χ3v) is 5.89. The van der Waals surface area contributed by atoms with Gasteiger partial charge in [0.15, 0.2) is 0 Å². The van der Waals surface area contributed by atoms with Gasteiger partial charge in [0.25, 0.3) is 11.8 Å². The molecule has 1 N–H and O–H groups in total. The summed E-state index contributed by atoms with van der Waals surface area (Å²) in [7, 11) is 3.06. The number of rotatable bonds is 6. The Labute approximate surface area is 190 Å². The molecule has 0 radical (unpaired) electrons. The van der Waals surface area contributed by atoms with Gasteiger partial charge in [-0.25, -0.2) is 0 Å². The highest BCUT2D eigenvalue weighted by Gasteiger charge is 2.30. The van der Waals surface area contributed by atoms with Crippen LogP contribution in [-0.4, -0.2) is 35.4 Å². The topological polar surface area (TPSA) is 71.4 Å². The number of halogens is 3. The van der Waals surface area contributed by atoms with Gasteiger partial charge in [0.1, 0.15) is 11.1 Å². The van der Waals surface area contributed by atoms with Crippen molar-refractivity contribution in [3.05, 3.63) is 69.1 Å². The van der Waals surface area contributed by atoms with Crippen molar-refractivity contribution in [1.82, 2.24) is 14.8 Å². The van der Waals surface area contributed by atoms with Gasteiger partial charge < -0.3 is 14.8 Å². The van der Waals surface area contributed by atoms with Crippen LogP contribution in [0.4, 0.5) is 13.2 Å². The van der Waals surface area contributed by atoms with Crippen LogP contribution in [0.25, 0.3) is 0 Å². The van der Waals surface area contributed by atoms with Crippen LogP contribution in [0.5, 0.6) is 0 Å². The molecule has 2 aromatic rings. The molecule has 0 aliphatic heterocycles. The number of carbonyl (C=O) groups is 2. The lowest BCUT2D eigenvalue weighted by atomic mass is 9.89. The first-order valence-electron chi connectivity index (χ1n) is 11.0. The number of aromatic nitrogens is 1. The van der Waals surface area contributed by atoms with Crippen molar-refractivity contribution >= 4 is 11.8 Å². The molecule has 0 unspecified atom stereocenters. The van der Waals surface area contributed by atoms with E-state index in [4.69, 9.17) is 0 Å². The van der Waals surface area contributed by atoms with Crippen molar-refractivity contribution in [2.75, 3.05) is 14.1 Å². The van der Waals surface area contributed by atoms with Crippen LogP contribution in [0.1, 0.15) is 63.9 Å². The maximum absolute atomic E-state index is 12.9. The minimum absolute atomic E-state index is 0.0507. The summed E-state index contributed by atoms with van der Waals surface area (Å²) in [5.41, 5.74) is -1.24. The van der Waals surface area contributed by atoms with E-state index in [0.717, 1.165) is 37.8 Å². The largest absolute Gasteiger partial charge is 0.416 e. The number of nitrogens with zero attached hydrogens (tertiary/aromatic N) is 2. The van der Waals surface area contributed by atoms with Gasteiger partial charge in [-0.1, -0.05) is 31.4 Å². The predicted molar refractivity (Wildman–Crippen MR) is 118 cm³/mol. The van der Waals surface area contributed by atoms with Crippen LogP contribution in [0, 0.1) is 5.92 Å². The zero-order valence-electron chi connectivity index (χ0n) is 18.7. The summed E-state index contributed by atoms with van der Waals surface area (Å²) in [6, 6.07) is 4.43. The second kappa shape index (κ2) is 10.2. The van der Waals surface area contributed by atoms with Crippen molar-refractivity contribution in [3.63, 3.8) is 0 Å². The lowest BCUT2D eigenvalue weighted by molar-refractivity contribution is -0.137. The average molecular weight is 464 g/mol. The van der Waals surface area contributed by atoms with E-state index >= 15 is 0 Å². The van der Waals surface area contributed by atoms with E-state index in [1.165, 1.54) is 49.9 Å². The summed E-state index contributed by atoms with van der Waals surface area (Å²) in [6.07, 6.45) is 4.10. The first-order valence-corrected chi connectivity index (χ1v) is 11.0. The summed E-state index contributed by atoms with van der Waals surface area (Å²) in [4.78, 5) is 39.6. The Kier molecular flexibility index (Phi) is 7.61. The second-order valence-electron chi connectivity index (χ2n) is 8.69. The van der Waals surface area contributed by atoms with Gasteiger partial charge in [-0.05, 0) is 36.5 Å². The van der Waals surface area contributed by atoms with E-state index in [1.54, 1.807) is 4.57 Å². The molecule has 1 heterocycles. The fourth-order valence-electron chi connectivity index (χ4n) is 4.05. The van der Waals surface area contributed by atoms with Gasteiger partial charge >= 0.3 is 6.18 Å². The number of nitrogens with one attached hydrogen (secondary N) is 1. The third kappa shape index (κ3) is 6.24. The van der Waals surface area contributed by atoms with Gasteiger partial charge in [-0.3, -0.25) is 14.4 Å². The highest BCUT2D eigenvalue weighted by molar-refractivity contribution is 5.98. The van der Waals surface area contributed by atoms with E-state index in [9.17, 15) is 27.6 Å². The summed E-state index contributed by atoms with van der Waals surface area (Å²) >= 11 is 0. The number of hydrogen-bond acceptors (Lipinski definition) is 3. The highest BCUT2D eigenvalue weighted by Crippen LogP contribution is 2.29. The molecule has 6 nitrogen and oxygen atoms in total. The van der Waals surface area contributed by atoms with Gasteiger partial charge in [0, 0.05) is 39.6 Å². The molecule has 2 amide bonds. The second-order valence-corrected chi connectivity index (χ2v) is 8.69. The van der Waals surface area contributed by atoms with E-state index in [2.05, 4.69) is 5.32 Å². The average Bonchev–Trinajstić information content (AvgIpc) is 2.78. The smallest absolute Gasteiger partial charge is 0.352 e. The normalized spacial score (nSPS) is 14.7. The fourth-order valence-corrected chi connectivity index (χ4v) is 4.05. The van der Waals surface area contributed by atoms with Crippen molar-refractivity contribution in [2.45, 2.75) is 51.4 Å². The SMILES string of the molecule is CN(C)C(=O)c1cn(CC2CCCCC2)cc(C(=O)NCc2ccc(C(F)(F)F)cc2)c1=O. The zero-order chi connectivity index (χ0) is 24.2. The maximum atomic E-state index is 12.9. The third-order valence-electron chi connectivity index (χ3n) is 5.89. The number of carbonyl (C=O) groups excluding carboxylic acids is 2. The molecule has 0 saturated heterocycles. The molecule has 33 heavy (non-hydrogen) atoms. The molecule has 1 aliphatic rings. The molecule has 1 aromatic heterocycles. The first kappa shape index (κ1) is 24.5. The molecule has 1 saturated carbocycles. The van der Waals surface area contributed by atoms with Crippen LogP contribution in [0.2, 0.25) is 0 Å². The zero-order valence-corrected chi connectivity index (χ0v) is 18.7. The molecule has 0 atom stereocenters. The molecule has 1 fully saturated rings. The molecule has 178 valence electrons. The molecule has 3 rings (SSSR count). The van der Waals surface area contributed by atoms with E-state index in [0.29, 0.717) is 18.0 Å². The van der Waals surface area contributed by atoms with Crippen molar-refractivity contribution in [1.29, 1.82) is 0 Å². The van der Waals surface area contributed by atoms with Crippen LogP contribution < -0.4 is 10.7 Å². The quantitative estimate of drug-likeness (QED) is 0.702. The predicted octanol–water partition coefficient (Wildman–Crippen LogP) is 4.08. The summed E-state index contributed by atoms with van der Waals surface area (Å²) in [6.45, 7) is 0.554. The molecular formula is C24H28F3N3O3. The Bertz CT molecular complexity index is 1050. The first-order chi connectivity index (χ1) is 15.6. The number of benzene rings is 1. The summed E-state index contributed by atoms with van der Waals surface area (Å²) < 4.78 is 39.9. The highest BCUT2D eigenvalue weighted by atomic mass is 19.4. The van der Waals surface area contributed by atoms with Crippen LogP contribution in [0.15, 0.2) is 41.5 Å². The minimum atomic E-state index is -4.44. The Morgan fingerprint density at radius 3 is 2.21 bits per heavy atom. The van der Waals surface area contributed by atoms with Gasteiger partial charge in [0.2, 0.25) is 5.43 Å². The number of hydrogen-bond donors (Lipinski definition) is 1. The lowest BCUT2D eigenvalue weighted by Crippen LogP contribution is -2.35. The Morgan fingerprint density at radius 2 is 1.64 bits per heavy atom. The van der Waals surface area contributed by atoms with E-state index in [1.807, 2.05) is 0 Å².